The van der Waals surface area contributed by atoms with Gasteiger partial charge in [-0.2, -0.15) is 23.4 Å². The molecule has 11 heteroatoms. The van der Waals surface area contributed by atoms with Gasteiger partial charge in [0, 0.05) is 24.3 Å². The first kappa shape index (κ1) is 18.9. The molecule has 0 spiro atoms. The normalized spacial score (nSPS) is 11.6. The van der Waals surface area contributed by atoms with Gasteiger partial charge in [-0.25, -0.2) is 4.39 Å². The van der Waals surface area contributed by atoms with Gasteiger partial charge in [0.05, 0.1) is 18.4 Å². The Labute approximate surface area is 155 Å². The van der Waals surface area contributed by atoms with Crippen LogP contribution in [-0.2, 0) is 19.8 Å². The minimum absolute atomic E-state index is 0.221. The number of nitrogens with one attached hydrogen (secondary N) is 1. The quantitative estimate of drug-likeness (QED) is 0.677. The monoisotopic (exact) mass is 401 g/mol. The molecule has 27 heavy (non-hydrogen) atoms. The average molecular weight is 402 g/mol. The molecule has 2 heterocycles. The van der Waals surface area contributed by atoms with Crippen molar-refractivity contribution in [1.29, 1.82) is 0 Å². The molecule has 2 aromatic heterocycles. The summed E-state index contributed by atoms with van der Waals surface area (Å²) in [7, 11) is 1.24. The first-order valence-electron chi connectivity index (χ1n) is 7.52. The van der Waals surface area contributed by atoms with E-state index in [4.69, 9.17) is 11.6 Å². The lowest BCUT2D eigenvalue weighted by Crippen LogP contribution is -2.15. The zero-order chi connectivity index (χ0) is 19.8. The predicted molar refractivity (Wildman–Crippen MR) is 88.9 cm³/mol. The third kappa shape index (κ3) is 4.27. The summed E-state index contributed by atoms with van der Waals surface area (Å²) in [6, 6.07) is 4.60. The van der Waals surface area contributed by atoms with Crippen LogP contribution in [0.3, 0.4) is 0 Å². The molecule has 0 aliphatic heterocycles. The maximum atomic E-state index is 13.1. The largest absolute Gasteiger partial charge is 0.435 e. The number of hydrogen-bond donors (Lipinski definition) is 1. The molecule has 6 nitrogen and oxygen atoms in total. The number of aryl methyl sites for hydroxylation is 1. The van der Waals surface area contributed by atoms with E-state index in [0.717, 1.165) is 4.68 Å². The molecule has 0 unspecified atom stereocenters. The smallest absolute Gasteiger partial charge is 0.318 e. The molecule has 0 fully saturated rings. The van der Waals surface area contributed by atoms with E-state index in [-0.39, 0.29) is 22.9 Å². The van der Waals surface area contributed by atoms with Crippen LogP contribution < -0.4 is 5.32 Å². The highest BCUT2D eigenvalue weighted by Crippen LogP contribution is 2.28. The highest BCUT2D eigenvalue weighted by molar-refractivity contribution is 6.31. The highest BCUT2D eigenvalue weighted by atomic mass is 35.5. The lowest BCUT2D eigenvalue weighted by molar-refractivity contribution is -0.141. The van der Waals surface area contributed by atoms with Gasteiger partial charge < -0.3 is 5.32 Å². The third-order valence-electron chi connectivity index (χ3n) is 3.64. The summed E-state index contributed by atoms with van der Waals surface area (Å²) < 4.78 is 53.4. The van der Waals surface area contributed by atoms with Gasteiger partial charge in [0.1, 0.15) is 11.5 Å². The summed E-state index contributed by atoms with van der Waals surface area (Å²) in [6.07, 6.45) is -1.84. The number of carbonyl (C=O) groups excluding carboxylic acids is 1. The molecule has 1 N–H and O–H groups in total. The first-order valence-corrected chi connectivity index (χ1v) is 7.90. The van der Waals surface area contributed by atoms with Crippen molar-refractivity contribution in [2.75, 3.05) is 5.32 Å². The van der Waals surface area contributed by atoms with E-state index in [1.54, 1.807) is 0 Å². The molecule has 0 aliphatic carbocycles. The minimum atomic E-state index is -4.64. The summed E-state index contributed by atoms with van der Waals surface area (Å²) >= 11 is 5.95. The fraction of sp³-hybridized carbons (Fsp3) is 0.188. The van der Waals surface area contributed by atoms with Crippen LogP contribution in [0.2, 0.25) is 5.02 Å². The summed E-state index contributed by atoms with van der Waals surface area (Å²) in [6.45, 7) is 0.221. The van der Waals surface area contributed by atoms with Crippen LogP contribution in [0.5, 0.6) is 0 Å². The number of carbonyl (C=O) groups is 1. The van der Waals surface area contributed by atoms with Gasteiger partial charge in [-0.1, -0.05) is 17.7 Å². The van der Waals surface area contributed by atoms with E-state index < -0.39 is 23.6 Å². The molecule has 0 saturated carbocycles. The Morgan fingerprint density at radius 3 is 2.67 bits per heavy atom. The maximum absolute atomic E-state index is 13.1. The number of halogens is 5. The van der Waals surface area contributed by atoms with E-state index in [1.807, 2.05) is 0 Å². The first-order chi connectivity index (χ1) is 12.6. The number of hydrogen-bond acceptors (Lipinski definition) is 3. The molecule has 0 saturated heterocycles. The van der Waals surface area contributed by atoms with Crippen molar-refractivity contribution in [3.05, 3.63) is 64.5 Å². The van der Waals surface area contributed by atoms with Crippen molar-refractivity contribution in [1.82, 2.24) is 19.6 Å². The molecule has 1 aromatic carbocycles. The zero-order valence-corrected chi connectivity index (χ0v) is 14.5. The lowest BCUT2D eigenvalue weighted by atomic mass is 10.2. The van der Waals surface area contributed by atoms with Gasteiger partial charge in [-0.3, -0.25) is 14.2 Å². The Bertz CT molecular complexity index is 995. The minimum Gasteiger partial charge on any atom is -0.318 e. The molecular weight excluding hydrogens is 390 g/mol. The second-order valence-corrected chi connectivity index (χ2v) is 6.06. The maximum Gasteiger partial charge on any atom is 0.435 e. The van der Waals surface area contributed by atoms with Crippen LogP contribution in [0, 0.1) is 5.82 Å². The topological polar surface area (TPSA) is 64.7 Å². The van der Waals surface area contributed by atoms with Gasteiger partial charge in [-0.15, -0.1) is 0 Å². The van der Waals surface area contributed by atoms with Crippen LogP contribution in [-0.4, -0.2) is 25.5 Å². The summed E-state index contributed by atoms with van der Waals surface area (Å²) in [5.74, 6) is -1.23. The van der Waals surface area contributed by atoms with Crippen molar-refractivity contribution in [2.45, 2.75) is 12.7 Å². The van der Waals surface area contributed by atoms with E-state index in [1.165, 1.54) is 42.3 Å². The van der Waals surface area contributed by atoms with Crippen molar-refractivity contribution < 1.29 is 22.4 Å². The summed E-state index contributed by atoms with van der Waals surface area (Å²) in [5.41, 5.74) is -0.526. The Morgan fingerprint density at radius 1 is 1.30 bits per heavy atom. The van der Waals surface area contributed by atoms with Gasteiger partial charge in [0.15, 0.2) is 5.69 Å². The molecule has 3 aromatic rings. The number of nitrogens with zero attached hydrogens (tertiary/aromatic N) is 4. The number of amides is 1. The van der Waals surface area contributed by atoms with E-state index >= 15 is 0 Å². The van der Waals surface area contributed by atoms with E-state index in [9.17, 15) is 22.4 Å². The Kier molecular flexibility index (Phi) is 4.92. The fourth-order valence-electron chi connectivity index (χ4n) is 2.35. The molecule has 0 atom stereocenters. The molecule has 0 bridgehead atoms. The van der Waals surface area contributed by atoms with Crippen LogP contribution in [0.1, 0.15) is 21.7 Å². The number of benzene rings is 1. The SMILES string of the molecule is Cn1nc(C(F)(F)F)cc1C(=O)Nc1cnn(Cc2ccc(F)cc2Cl)c1. The Hall–Kier alpha value is -2.88. The van der Waals surface area contributed by atoms with Gasteiger partial charge in [0.25, 0.3) is 5.91 Å². The Morgan fingerprint density at radius 2 is 2.04 bits per heavy atom. The number of alkyl halides is 3. The van der Waals surface area contributed by atoms with Crippen molar-refractivity contribution >= 4 is 23.2 Å². The standard InChI is InChI=1S/C16H12ClF4N5O/c1-25-13(5-14(24-25)16(19,20)21)15(27)23-11-6-22-26(8-11)7-9-2-3-10(18)4-12(9)17/h2-6,8H,7H2,1H3,(H,23,27). The molecule has 3 rings (SSSR count). The van der Waals surface area contributed by atoms with Crippen molar-refractivity contribution in [3.8, 4) is 0 Å². The lowest BCUT2D eigenvalue weighted by Gasteiger charge is -2.05. The van der Waals surface area contributed by atoms with E-state index in [0.29, 0.717) is 11.6 Å². The van der Waals surface area contributed by atoms with Crippen molar-refractivity contribution in [2.24, 2.45) is 7.05 Å². The molecule has 0 aliphatic rings. The average Bonchev–Trinajstić information content (AvgIpc) is 3.16. The van der Waals surface area contributed by atoms with Gasteiger partial charge in [-0.05, 0) is 17.7 Å². The summed E-state index contributed by atoms with van der Waals surface area (Å²) in [4.78, 5) is 12.2. The molecule has 0 radical (unpaired) electrons. The third-order valence-corrected chi connectivity index (χ3v) is 3.99. The van der Waals surface area contributed by atoms with Crippen LogP contribution in [0.15, 0.2) is 36.7 Å². The summed E-state index contributed by atoms with van der Waals surface area (Å²) in [5, 5.41) is 10.0. The number of rotatable bonds is 4. The Balaban J connectivity index is 1.72. The van der Waals surface area contributed by atoms with Gasteiger partial charge in [0.2, 0.25) is 0 Å². The van der Waals surface area contributed by atoms with Crippen LogP contribution >= 0.6 is 11.6 Å². The molecular formula is C16H12ClF4N5O. The highest BCUT2D eigenvalue weighted by Gasteiger charge is 2.35. The van der Waals surface area contributed by atoms with Gasteiger partial charge >= 0.3 is 6.18 Å². The zero-order valence-electron chi connectivity index (χ0n) is 13.8. The second kappa shape index (κ2) is 7.03. The molecule has 142 valence electrons. The van der Waals surface area contributed by atoms with Crippen molar-refractivity contribution in [3.63, 3.8) is 0 Å². The predicted octanol–water partition coefficient (Wildman–Crippen LogP) is 3.73. The number of aromatic nitrogens is 4. The van der Waals surface area contributed by atoms with Crippen LogP contribution in [0.4, 0.5) is 23.2 Å². The second-order valence-electron chi connectivity index (χ2n) is 5.65. The molecule has 1 amide bonds. The fourth-order valence-corrected chi connectivity index (χ4v) is 2.58. The van der Waals surface area contributed by atoms with Crippen LogP contribution in [0.25, 0.3) is 0 Å². The number of anilines is 1. The van der Waals surface area contributed by atoms with E-state index in [2.05, 4.69) is 15.5 Å².